The molecule has 0 radical (unpaired) electrons. The summed E-state index contributed by atoms with van der Waals surface area (Å²) < 4.78 is 5.80. The first-order valence-electron chi connectivity index (χ1n) is 9.36. The van der Waals surface area contributed by atoms with Gasteiger partial charge in [-0.05, 0) is 25.1 Å². The van der Waals surface area contributed by atoms with E-state index in [1.165, 1.54) is 6.07 Å². The van der Waals surface area contributed by atoms with E-state index in [4.69, 9.17) is 22.1 Å². The highest BCUT2D eigenvalue weighted by Crippen LogP contribution is 2.26. The molecule has 5 N–H and O–H groups in total. The van der Waals surface area contributed by atoms with Crippen molar-refractivity contribution in [1.29, 1.82) is 0 Å². The van der Waals surface area contributed by atoms with Gasteiger partial charge in [0.05, 0.1) is 23.0 Å². The molecule has 3 rings (SSSR count). The molecule has 0 bridgehead atoms. The van der Waals surface area contributed by atoms with Crippen molar-refractivity contribution in [2.45, 2.75) is 13.0 Å². The topological polar surface area (TPSA) is 123 Å². The fourth-order valence-electron chi connectivity index (χ4n) is 2.85. The predicted molar refractivity (Wildman–Crippen MR) is 116 cm³/mol. The van der Waals surface area contributed by atoms with Crippen molar-refractivity contribution >= 4 is 29.3 Å². The van der Waals surface area contributed by atoms with Crippen molar-refractivity contribution < 1.29 is 19.1 Å². The molecular formula is C22H21ClN4O4. The lowest BCUT2D eigenvalue weighted by atomic mass is 10.0. The molecule has 0 unspecified atom stereocenters. The first kappa shape index (κ1) is 21.9. The molecule has 0 aliphatic carbocycles. The first-order chi connectivity index (χ1) is 14.8. The predicted octanol–water partition coefficient (Wildman–Crippen LogP) is 2.45. The summed E-state index contributed by atoms with van der Waals surface area (Å²) in [6, 6.07) is 12.4. The number of rotatable bonds is 7. The second kappa shape index (κ2) is 9.36. The molecule has 9 heteroatoms. The molecule has 8 nitrogen and oxygen atoms in total. The smallest absolute Gasteiger partial charge is 0.323 e. The Labute approximate surface area is 184 Å². The van der Waals surface area contributed by atoms with E-state index in [1.807, 2.05) is 6.07 Å². The zero-order valence-electron chi connectivity index (χ0n) is 16.7. The first-order valence-corrected chi connectivity index (χ1v) is 9.74. The van der Waals surface area contributed by atoms with Gasteiger partial charge in [-0.1, -0.05) is 48.5 Å². The van der Waals surface area contributed by atoms with E-state index in [9.17, 15) is 14.4 Å². The number of nitrogens with two attached hydrogens (primary N) is 1. The summed E-state index contributed by atoms with van der Waals surface area (Å²) >= 11 is 6.07. The Morgan fingerprint density at radius 1 is 1.19 bits per heavy atom. The molecule has 1 atom stereocenters. The monoisotopic (exact) mass is 440 g/mol. The Morgan fingerprint density at radius 2 is 1.90 bits per heavy atom. The highest BCUT2D eigenvalue weighted by atomic mass is 35.5. The lowest BCUT2D eigenvalue weighted by molar-refractivity contribution is -0.118. The summed E-state index contributed by atoms with van der Waals surface area (Å²) in [6.07, 6.45) is 0. The van der Waals surface area contributed by atoms with Crippen LogP contribution in [0.1, 0.15) is 22.8 Å². The number of ketones is 1. The van der Waals surface area contributed by atoms with Gasteiger partial charge in [0.2, 0.25) is 0 Å². The van der Waals surface area contributed by atoms with Crippen LogP contribution in [0.5, 0.6) is 5.75 Å². The SMILES string of the molecule is C=C1NC(=O)NC(C(=O)N[C@H](C)COc2ccc(Cl)cc2C(=O)c2ccccc2)=C1N. The van der Waals surface area contributed by atoms with Crippen LogP contribution in [0.4, 0.5) is 4.79 Å². The summed E-state index contributed by atoms with van der Waals surface area (Å²) in [4.78, 5) is 36.9. The van der Waals surface area contributed by atoms with Crippen LogP contribution in [0, 0.1) is 0 Å². The second-order valence-corrected chi connectivity index (χ2v) is 7.30. The average Bonchev–Trinajstić information content (AvgIpc) is 2.75. The minimum absolute atomic E-state index is 0.0404. The highest BCUT2D eigenvalue weighted by Gasteiger charge is 2.25. The van der Waals surface area contributed by atoms with E-state index in [0.29, 0.717) is 21.9 Å². The van der Waals surface area contributed by atoms with Crippen molar-refractivity contribution in [1.82, 2.24) is 16.0 Å². The summed E-state index contributed by atoms with van der Waals surface area (Å²) in [5, 5.41) is 7.82. The minimum Gasteiger partial charge on any atom is -0.491 e. The van der Waals surface area contributed by atoms with Gasteiger partial charge in [-0.15, -0.1) is 0 Å². The van der Waals surface area contributed by atoms with Crippen molar-refractivity contribution in [3.8, 4) is 5.75 Å². The molecular weight excluding hydrogens is 420 g/mol. The molecule has 160 valence electrons. The Morgan fingerprint density at radius 3 is 2.61 bits per heavy atom. The van der Waals surface area contributed by atoms with E-state index in [-0.39, 0.29) is 29.5 Å². The van der Waals surface area contributed by atoms with Crippen molar-refractivity contribution in [3.05, 3.63) is 88.4 Å². The third-order valence-electron chi connectivity index (χ3n) is 4.41. The molecule has 31 heavy (non-hydrogen) atoms. The fourth-order valence-corrected chi connectivity index (χ4v) is 3.02. The highest BCUT2D eigenvalue weighted by molar-refractivity contribution is 6.31. The minimum atomic E-state index is -0.599. The molecule has 0 saturated carbocycles. The molecule has 0 aromatic heterocycles. The van der Waals surface area contributed by atoms with Crippen LogP contribution < -0.4 is 26.4 Å². The lowest BCUT2D eigenvalue weighted by Crippen LogP contribution is -2.49. The maximum atomic E-state index is 12.9. The number of carbonyl (C=O) groups is 3. The number of ether oxygens (including phenoxy) is 1. The van der Waals surface area contributed by atoms with E-state index < -0.39 is 18.0 Å². The molecule has 2 aromatic rings. The van der Waals surface area contributed by atoms with Crippen LogP contribution in [0.25, 0.3) is 0 Å². The zero-order valence-corrected chi connectivity index (χ0v) is 17.5. The summed E-state index contributed by atoms with van der Waals surface area (Å²) in [7, 11) is 0. The van der Waals surface area contributed by atoms with Gasteiger partial charge < -0.3 is 26.4 Å². The van der Waals surface area contributed by atoms with Gasteiger partial charge >= 0.3 is 6.03 Å². The van der Waals surface area contributed by atoms with Gasteiger partial charge in [0.25, 0.3) is 5.91 Å². The Bertz CT molecular complexity index is 1080. The number of carbonyl (C=O) groups excluding carboxylic acids is 3. The van der Waals surface area contributed by atoms with Gasteiger partial charge in [-0.25, -0.2) is 4.79 Å². The fraction of sp³-hybridized carbons (Fsp3) is 0.136. The van der Waals surface area contributed by atoms with Crippen LogP contribution in [-0.2, 0) is 4.79 Å². The maximum absolute atomic E-state index is 12.9. The standard InChI is InChI=1S/C22H21ClN4O4/c1-12(25-21(29)19-18(24)13(2)26-22(30)27-19)11-31-17-9-8-15(23)10-16(17)20(28)14-6-4-3-5-7-14/h3-10,12H,2,11,24H2,1H3,(H,25,29)(H2,26,27,30)/t12-/m1/s1. The lowest BCUT2D eigenvalue weighted by Gasteiger charge is -2.22. The van der Waals surface area contributed by atoms with Gasteiger partial charge in [-0.3, -0.25) is 9.59 Å². The number of amides is 3. The summed E-state index contributed by atoms with van der Waals surface area (Å²) in [5.74, 6) is -0.480. The number of urea groups is 1. The van der Waals surface area contributed by atoms with E-state index in [2.05, 4.69) is 22.5 Å². The largest absolute Gasteiger partial charge is 0.491 e. The van der Waals surface area contributed by atoms with Gasteiger partial charge in [0.1, 0.15) is 18.1 Å². The molecule has 0 fully saturated rings. The molecule has 1 aliphatic heterocycles. The Kier molecular flexibility index (Phi) is 6.61. The normalized spacial score (nSPS) is 14.4. The van der Waals surface area contributed by atoms with Gasteiger partial charge in [0.15, 0.2) is 5.78 Å². The third-order valence-corrected chi connectivity index (χ3v) is 4.65. The molecule has 1 aliphatic rings. The average molecular weight is 441 g/mol. The van der Waals surface area contributed by atoms with Crippen LogP contribution in [0.3, 0.4) is 0 Å². The maximum Gasteiger partial charge on any atom is 0.323 e. The Balaban J connectivity index is 1.69. The summed E-state index contributed by atoms with van der Waals surface area (Å²) in [6.45, 7) is 5.36. The number of nitrogens with one attached hydrogen (secondary N) is 3. The Hall–Kier alpha value is -3.78. The van der Waals surface area contributed by atoms with Crippen LogP contribution in [-0.4, -0.2) is 30.4 Å². The quantitative estimate of drug-likeness (QED) is 0.492. The van der Waals surface area contributed by atoms with E-state index >= 15 is 0 Å². The molecule has 3 amide bonds. The number of benzene rings is 2. The van der Waals surface area contributed by atoms with Crippen LogP contribution >= 0.6 is 11.6 Å². The number of halogens is 1. The van der Waals surface area contributed by atoms with E-state index in [1.54, 1.807) is 43.3 Å². The second-order valence-electron chi connectivity index (χ2n) is 6.87. The molecule has 1 heterocycles. The van der Waals surface area contributed by atoms with Crippen LogP contribution in [0.15, 0.2) is 72.2 Å². The third kappa shape index (κ3) is 5.23. The van der Waals surface area contributed by atoms with Crippen LogP contribution in [0.2, 0.25) is 5.02 Å². The number of hydrogen-bond acceptors (Lipinski definition) is 5. The van der Waals surface area contributed by atoms with Crippen molar-refractivity contribution in [2.75, 3.05) is 6.61 Å². The van der Waals surface area contributed by atoms with Crippen molar-refractivity contribution in [3.63, 3.8) is 0 Å². The van der Waals surface area contributed by atoms with Crippen molar-refractivity contribution in [2.24, 2.45) is 5.73 Å². The number of hydrogen-bond donors (Lipinski definition) is 4. The van der Waals surface area contributed by atoms with Gasteiger partial charge in [-0.2, -0.15) is 0 Å². The van der Waals surface area contributed by atoms with Gasteiger partial charge in [0, 0.05) is 10.6 Å². The molecule has 2 aromatic carbocycles. The zero-order chi connectivity index (χ0) is 22.5. The molecule has 0 saturated heterocycles. The van der Waals surface area contributed by atoms with E-state index in [0.717, 1.165) is 0 Å². The molecule has 0 spiro atoms. The summed E-state index contributed by atoms with van der Waals surface area (Å²) in [5.41, 5.74) is 6.71.